The van der Waals surface area contributed by atoms with Gasteiger partial charge < -0.3 is 0 Å². The Morgan fingerprint density at radius 2 is 0.250 bits per heavy atom. The molecule has 0 spiro atoms. The van der Waals surface area contributed by atoms with E-state index in [4.69, 9.17) is 0 Å². The molecule has 0 unspecified atom stereocenters. The molecular weight excluding hydrogens is 1440 g/mol. The molecule has 24 valence electrons. The maximum Gasteiger partial charge on any atom is 0 e. The van der Waals surface area contributed by atoms with Gasteiger partial charge in [0.05, 0.1) is 0 Å². The third kappa shape index (κ3) is 36.8. The van der Waals surface area contributed by atoms with Crippen LogP contribution >= 0.6 is 0 Å². The van der Waals surface area contributed by atoms with E-state index < -0.39 is 0 Å². The molecule has 0 rings (SSSR count). The van der Waals surface area contributed by atoms with E-state index in [1.807, 2.05) is 0 Å². The topological polar surface area (TPSA) is 0 Å². The molecule has 0 heterocycles. The maximum atomic E-state index is 0. The number of hydrogen-bond donors (Lipinski definition) is 0. The Morgan fingerprint density at radius 1 is 0.250 bits per heavy atom. The van der Waals surface area contributed by atoms with Crippen molar-refractivity contribution in [1.82, 2.24) is 0 Å². The Labute approximate surface area is 235 Å². The van der Waals surface area contributed by atoms with Crippen LogP contribution < -0.4 is 0 Å². The van der Waals surface area contributed by atoms with Crippen molar-refractivity contribution >= 4 is 136 Å². The first-order valence-electron chi connectivity index (χ1n) is 0. The molecule has 0 aliphatic heterocycles. The van der Waals surface area contributed by atoms with E-state index >= 15 is 0 Å². The largest absolute Gasteiger partial charge is 0 e. The molecule has 8 heteroatoms. The molecule has 0 nitrogen and oxygen atoms in total. The van der Waals surface area contributed by atoms with Crippen LogP contribution in [0.3, 0.4) is 0 Å². The molecular formula is La3Tl5. The first-order chi connectivity index (χ1) is 0. The predicted octanol–water partition coefficient (Wildman–Crippen LogP) is -1.90. The van der Waals surface area contributed by atoms with Crippen LogP contribution in [0.5, 0.6) is 0 Å². The van der Waals surface area contributed by atoms with E-state index in [0.717, 1.165) is 0 Å². The quantitative estimate of drug-likeness (QED) is 0.249. The second-order valence-corrected chi connectivity index (χ2v) is 0. The zero-order valence-electron chi connectivity index (χ0n) is 4.62. The Bertz CT molecular complexity index is 7.64. The molecule has 0 aromatic carbocycles. The Kier molecular flexibility index (Phi) is 317. The first kappa shape index (κ1) is 55.7. The molecule has 0 saturated carbocycles. The second-order valence-electron chi connectivity index (χ2n) is 0. The average Bonchev–Trinajstić information content (AvgIpc) is 0. The maximum absolute atomic E-state index is 0. The van der Waals surface area contributed by atoms with Crippen molar-refractivity contribution < 1.29 is 107 Å². The van der Waals surface area contributed by atoms with Gasteiger partial charge in [0.15, 0.2) is 0 Å². The molecule has 0 amide bonds. The molecule has 0 aliphatic carbocycles. The first-order valence-corrected chi connectivity index (χ1v) is 0. The van der Waals surface area contributed by atoms with Crippen LogP contribution in [0.1, 0.15) is 0 Å². The van der Waals surface area contributed by atoms with Crippen molar-refractivity contribution in [3.8, 4) is 0 Å². The van der Waals surface area contributed by atoms with Crippen LogP contribution in [-0.2, 0) is 0 Å². The SMILES string of the molecule is [La].[La].[La].[Tl].[Tl].[Tl].[Tl].[Tl]. The summed E-state index contributed by atoms with van der Waals surface area (Å²) < 4.78 is 0. The third-order valence-electron chi connectivity index (χ3n) is 0. The van der Waals surface area contributed by atoms with Crippen LogP contribution in [0.2, 0.25) is 0 Å². The van der Waals surface area contributed by atoms with Gasteiger partial charge >= 0.3 is 0 Å². The molecule has 8 radical (unpaired) electrons. The van der Waals surface area contributed by atoms with Crippen molar-refractivity contribution in [2.45, 2.75) is 0 Å². The van der Waals surface area contributed by atoms with Crippen LogP contribution in [0, 0.1) is 107 Å². The fourth-order valence-corrected chi connectivity index (χ4v) is 0. The van der Waals surface area contributed by atoms with Crippen molar-refractivity contribution in [1.29, 1.82) is 0 Å². The zero-order chi connectivity index (χ0) is 0. The summed E-state index contributed by atoms with van der Waals surface area (Å²) in [7, 11) is 0. The van der Waals surface area contributed by atoms with Crippen LogP contribution in [-0.4, -0.2) is 136 Å². The zero-order valence-corrected chi connectivity index (χ0v) is 37.9. The van der Waals surface area contributed by atoms with Crippen molar-refractivity contribution in [2.24, 2.45) is 0 Å². The summed E-state index contributed by atoms with van der Waals surface area (Å²) in [5, 5.41) is 0. The van der Waals surface area contributed by atoms with Crippen LogP contribution in [0.4, 0.5) is 0 Å². The molecule has 0 aliphatic rings. The van der Waals surface area contributed by atoms with Gasteiger partial charge in [0.1, 0.15) is 0 Å². The van der Waals surface area contributed by atoms with Gasteiger partial charge in [0, 0.05) is 243 Å². The fourth-order valence-electron chi connectivity index (χ4n) is 0. The van der Waals surface area contributed by atoms with Gasteiger partial charge in [-0.25, -0.2) is 0 Å². The Balaban J connectivity index is 0. The standard InChI is InChI=1S/3La.5Tl. The summed E-state index contributed by atoms with van der Waals surface area (Å²) >= 11 is 0. The van der Waals surface area contributed by atoms with Crippen molar-refractivity contribution in [3.63, 3.8) is 0 Å². The molecule has 8 heavy (non-hydrogen) atoms. The third-order valence-corrected chi connectivity index (χ3v) is 0. The van der Waals surface area contributed by atoms with Crippen LogP contribution in [0.25, 0.3) is 0 Å². The molecule has 0 aromatic heterocycles. The smallest absolute Gasteiger partial charge is 0 e. The minimum Gasteiger partial charge on any atom is 0 e. The molecule has 0 N–H and O–H groups in total. The van der Waals surface area contributed by atoms with Crippen molar-refractivity contribution in [3.05, 3.63) is 0 Å². The van der Waals surface area contributed by atoms with E-state index in [0.29, 0.717) is 0 Å². The minimum absolute atomic E-state index is 0. The summed E-state index contributed by atoms with van der Waals surface area (Å²) in [5.41, 5.74) is 0. The normalized spacial score (nSPS) is 0. The molecule has 0 saturated heterocycles. The summed E-state index contributed by atoms with van der Waals surface area (Å²) in [6.45, 7) is 0. The molecule has 0 atom stereocenters. The average molecular weight is 1440 g/mol. The van der Waals surface area contributed by atoms with E-state index in [9.17, 15) is 0 Å². The van der Waals surface area contributed by atoms with E-state index in [1.165, 1.54) is 0 Å². The fraction of sp³-hybridized carbons (Fsp3) is 0. The van der Waals surface area contributed by atoms with Gasteiger partial charge in [-0.15, -0.1) is 0 Å². The van der Waals surface area contributed by atoms with Crippen molar-refractivity contribution in [2.75, 3.05) is 0 Å². The summed E-state index contributed by atoms with van der Waals surface area (Å²) in [6, 6.07) is 0. The van der Waals surface area contributed by atoms with Gasteiger partial charge in [0.25, 0.3) is 0 Å². The Morgan fingerprint density at radius 3 is 0.250 bits per heavy atom. The minimum atomic E-state index is 0. The summed E-state index contributed by atoms with van der Waals surface area (Å²) in [6.07, 6.45) is 0. The number of hydrogen-bond acceptors (Lipinski definition) is 0. The number of rotatable bonds is 0. The molecule has 0 fully saturated rings. The van der Waals surface area contributed by atoms with E-state index in [-0.39, 0.29) is 243 Å². The summed E-state index contributed by atoms with van der Waals surface area (Å²) in [4.78, 5) is 0. The van der Waals surface area contributed by atoms with Crippen LogP contribution in [0.15, 0.2) is 0 Å². The second kappa shape index (κ2) is 45.6. The van der Waals surface area contributed by atoms with Gasteiger partial charge in [-0.3, -0.25) is 0 Å². The monoisotopic (exact) mass is 1440 g/mol. The molecule has 0 aromatic rings. The van der Waals surface area contributed by atoms with Gasteiger partial charge in [0.2, 0.25) is 0 Å². The van der Waals surface area contributed by atoms with Gasteiger partial charge in [-0.05, 0) is 0 Å². The predicted molar refractivity (Wildman–Crippen MR) is 28.8 cm³/mol. The van der Waals surface area contributed by atoms with E-state index in [2.05, 4.69) is 0 Å². The van der Waals surface area contributed by atoms with Gasteiger partial charge in [-0.2, -0.15) is 0 Å². The van der Waals surface area contributed by atoms with Gasteiger partial charge in [-0.1, -0.05) is 0 Å². The summed E-state index contributed by atoms with van der Waals surface area (Å²) in [5.74, 6) is 0. The Hall–Kier alpha value is 8.19. The molecule has 0 bridgehead atoms. The van der Waals surface area contributed by atoms with E-state index in [1.54, 1.807) is 0 Å².